The average Bonchev–Trinajstić information content (AvgIpc) is 3.17. The van der Waals surface area contributed by atoms with Crippen LogP contribution in [0, 0.1) is 0 Å². The highest BCUT2D eigenvalue weighted by molar-refractivity contribution is 7.47. The molecule has 0 aromatic carbocycles. The topological polar surface area (TPSA) is 117 Å². The van der Waals surface area contributed by atoms with Crippen molar-refractivity contribution in [1.29, 1.82) is 0 Å². The number of rotatable bonds is 45. The van der Waals surface area contributed by atoms with Crippen LogP contribution in [0.1, 0.15) is 226 Å². The van der Waals surface area contributed by atoms with E-state index in [1.165, 1.54) is 167 Å². The Hall–Kier alpha value is -1.02. The Morgan fingerprint density at radius 1 is 0.545 bits per heavy atom. The largest absolute Gasteiger partial charge is 0.472 e. The summed E-state index contributed by atoms with van der Waals surface area (Å²) in [6, 6.07) is 0. The summed E-state index contributed by atoms with van der Waals surface area (Å²) in [4.78, 5) is 22.5. The van der Waals surface area contributed by atoms with Gasteiger partial charge in [0.2, 0.25) is 0 Å². The minimum absolute atomic E-state index is 0.0941. The number of allylic oxidation sites excluding steroid dienone is 4. The van der Waals surface area contributed by atoms with E-state index in [9.17, 15) is 14.3 Å². The van der Waals surface area contributed by atoms with E-state index in [0.29, 0.717) is 13.0 Å². The summed E-state index contributed by atoms with van der Waals surface area (Å²) >= 11 is 0. The van der Waals surface area contributed by atoms with Gasteiger partial charge in [0.1, 0.15) is 6.10 Å². The fourth-order valence-electron chi connectivity index (χ4n) is 6.68. The molecular weight excluding hydrogens is 709 g/mol. The number of hydrogen-bond donors (Lipinski definition) is 2. The Bertz CT molecular complexity index is 900. The van der Waals surface area contributed by atoms with Crippen molar-refractivity contribution < 1.29 is 32.8 Å². The van der Waals surface area contributed by atoms with Crippen LogP contribution in [0.4, 0.5) is 0 Å². The molecule has 326 valence electrons. The number of phosphoric ester groups is 1. The van der Waals surface area contributed by atoms with E-state index in [4.69, 9.17) is 24.3 Å². The Morgan fingerprint density at radius 3 is 1.42 bits per heavy atom. The molecule has 8 nitrogen and oxygen atoms in total. The number of phosphoric acid groups is 1. The molecule has 0 heterocycles. The summed E-state index contributed by atoms with van der Waals surface area (Å²) in [5.74, 6) is -0.331. The smallest absolute Gasteiger partial charge is 0.457 e. The lowest BCUT2D eigenvalue weighted by Crippen LogP contribution is -2.28. The zero-order chi connectivity index (χ0) is 40.2. The second-order valence-corrected chi connectivity index (χ2v) is 17.1. The molecule has 0 aromatic rings. The van der Waals surface area contributed by atoms with Crippen LogP contribution >= 0.6 is 7.82 Å². The summed E-state index contributed by atoms with van der Waals surface area (Å²) in [5, 5.41) is 0. The number of nitrogens with two attached hydrogens (primary N) is 1. The first kappa shape index (κ1) is 54.0. The quantitative estimate of drug-likeness (QED) is 0.0271. The van der Waals surface area contributed by atoms with Gasteiger partial charge in [0.05, 0.1) is 19.8 Å². The number of hydrogen-bond acceptors (Lipinski definition) is 7. The van der Waals surface area contributed by atoms with E-state index in [0.717, 1.165) is 38.5 Å². The maximum Gasteiger partial charge on any atom is 0.472 e. The van der Waals surface area contributed by atoms with Crippen molar-refractivity contribution in [3.8, 4) is 0 Å². The van der Waals surface area contributed by atoms with Gasteiger partial charge in [-0.3, -0.25) is 13.8 Å². The molecule has 0 aromatic heterocycles. The average molecular weight is 800 g/mol. The van der Waals surface area contributed by atoms with Crippen LogP contribution in [0.15, 0.2) is 24.3 Å². The summed E-state index contributed by atoms with van der Waals surface area (Å²) in [7, 11) is -4.27. The molecule has 3 N–H and O–H groups in total. The third-order valence-electron chi connectivity index (χ3n) is 10.1. The lowest BCUT2D eigenvalue weighted by atomic mass is 10.0. The van der Waals surface area contributed by atoms with E-state index in [2.05, 4.69) is 38.2 Å². The Labute approximate surface area is 340 Å². The lowest BCUT2D eigenvalue weighted by molar-refractivity contribution is -0.154. The molecule has 0 fully saturated rings. The summed E-state index contributed by atoms with van der Waals surface area (Å²) in [6.07, 6.45) is 49.1. The Kier molecular flexibility index (Phi) is 43.3. The van der Waals surface area contributed by atoms with Crippen LogP contribution < -0.4 is 5.73 Å². The molecule has 0 aliphatic heterocycles. The van der Waals surface area contributed by atoms with Gasteiger partial charge in [-0.05, 0) is 44.9 Å². The fraction of sp³-hybridized carbons (Fsp3) is 0.891. The molecule has 0 radical (unpaired) electrons. The number of unbranched alkanes of at least 4 members (excludes halogenated alkanes) is 28. The summed E-state index contributed by atoms with van der Waals surface area (Å²) in [5.41, 5.74) is 5.38. The molecule has 55 heavy (non-hydrogen) atoms. The molecule has 0 bridgehead atoms. The molecular formula is C46H90NO7P. The predicted octanol–water partition coefficient (Wildman–Crippen LogP) is 14.0. The molecule has 2 unspecified atom stereocenters. The van der Waals surface area contributed by atoms with Gasteiger partial charge in [-0.25, -0.2) is 4.57 Å². The van der Waals surface area contributed by atoms with Gasteiger partial charge in [0, 0.05) is 19.6 Å². The number of ether oxygens (including phenoxy) is 2. The molecule has 0 saturated heterocycles. The normalized spacial score (nSPS) is 13.6. The number of carbonyl (C=O) groups is 1. The van der Waals surface area contributed by atoms with Crippen molar-refractivity contribution >= 4 is 13.8 Å². The molecule has 9 heteroatoms. The van der Waals surface area contributed by atoms with Crippen molar-refractivity contribution in [2.24, 2.45) is 5.73 Å². The lowest BCUT2D eigenvalue weighted by Gasteiger charge is -2.20. The van der Waals surface area contributed by atoms with Crippen molar-refractivity contribution in [3.05, 3.63) is 24.3 Å². The third-order valence-corrected chi connectivity index (χ3v) is 11.1. The van der Waals surface area contributed by atoms with Crippen LogP contribution in [0.25, 0.3) is 0 Å². The van der Waals surface area contributed by atoms with E-state index in [-0.39, 0.29) is 32.3 Å². The highest BCUT2D eigenvalue weighted by Crippen LogP contribution is 2.43. The summed E-state index contributed by atoms with van der Waals surface area (Å²) in [6.45, 7) is 4.95. The molecule has 0 amide bonds. The zero-order valence-electron chi connectivity index (χ0n) is 36.2. The van der Waals surface area contributed by atoms with Crippen molar-refractivity contribution in [3.63, 3.8) is 0 Å². The fourth-order valence-corrected chi connectivity index (χ4v) is 7.44. The van der Waals surface area contributed by atoms with E-state index in [1.54, 1.807) is 0 Å². The van der Waals surface area contributed by atoms with Crippen LogP contribution in [0.5, 0.6) is 0 Å². The number of esters is 1. The van der Waals surface area contributed by atoms with Crippen molar-refractivity contribution in [2.45, 2.75) is 232 Å². The first-order chi connectivity index (χ1) is 26.9. The van der Waals surface area contributed by atoms with Crippen LogP contribution in [0.2, 0.25) is 0 Å². The second-order valence-electron chi connectivity index (χ2n) is 15.6. The minimum Gasteiger partial charge on any atom is -0.457 e. The predicted molar refractivity (Wildman–Crippen MR) is 233 cm³/mol. The van der Waals surface area contributed by atoms with E-state index >= 15 is 0 Å². The van der Waals surface area contributed by atoms with Crippen LogP contribution in [-0.2, 0) is 27.9 Å². The van der Waals surface area contributed by atoms with E-state index in [1.807, 2.05) is 0 Å². The van der Waals surface area contributed by atoms with Gasteiger partial charge in [0.25, 0.3) is 0 Å². The van der Waals surface area contributed by atoms with Gasteiger partial charge in [-0.15, -0.1) is 0 Å². The van der Waals surface area contributed by atoms with Gasteiger partial charge in [0.15, 0.2) is 0 Å². The molecule has 0 rings (SSSR count). The van der Waals surface area contributed by atoms with Gasteiger partial charge >= 0.3 is 13.8 Å². The van der Waals surface area contributed by atoms with Gasteiger partial charge < -0.3 is 20.1 Å². The minimum atomic E-state index is -4.27. The maximum absolute atomic E-state index is 12.6. The molecule has 0 aliphatic rings. The number of carbonyl (C=O) groups excluding carboxylic acids is 1. The molecule has 0 saturated carbocycles. The zero-order valence-corrected chi connectivity index (χ0v) is 37.1. The van der Waals surface area contributed by atoms with Crippen molar-refractivity contribution in [1.82, 2.24) is 0 Å². The highest BCUT2D eigenvalue weighted by atomic mass is 31.2. The monoisotopic (exact) mass is 800 g/mol. The Balaban J connectivity index is 3.97. The van der Waals surface area contributed by atoms with Crippen molar-refractivity contribution in [2.75, 3.05) is 33.0 Å². The standard InChI is InChI=1S/C46H90NO7P/c1-3-5-7-9-11-13-15-17-19-20-21-22-23-24-25-27-29-31-33-35-37-39-46(48)54-45(44-53-55(49,50)52-42-40-47)43-51-41-38-36-34-32-30-28-26-18-16-14-12-10-8-6-4-2/h15,17,20-21,45H,3-14,16,18-19,22-44,47H2,1-2H3,(H,49,50)/b17-15-,21-20-. The molecule has 2 atom stereocenters. The Morgan fingerprint density at radius 2 is 0.964 bits per heavy atom. The first-order valence-electron chi connectivity index (χ1n) is 23.3. The highest BCUT2D eigenvalue weighted by Gasteiger charge is 2.25. The maximum atomic E-state index is 12.6. The molecule has 0 spiro atoms. The molecule has 0 aliphatic carbocycles. The SMILES string of the molecule is CCCCCCC/C=C\C/C=C\CCCCCCCCCCCC(=O)OC(COCCCCCCCCCCCCCCCCC)COP(=O)(O)OCCN. The second kappa shape index (κ2) is 44.1. The summed E-state index contributed by atoms with van der Waals surface area (Å²) < 4.78 is 33.5. The van der Waals surface area contributed by atoms with Gasteiger partial charge in [-0.2, -0.15) is 0 Å². The first-order valence-corrected chi connectivity index (χ1v) is 24.8. The van der Waals surface area contributed by atoms with E-state index < -0.39 is 13.9 Å². The van der Waals surface area contributed by atoms with Gasteiger partial charge in [-0.1, -0.05) is 199 Å². The third kappa shape index (κ3) is 43.9. The van der Waals surface area contributed by atoms with Crippen LogP contribution in [0.3, 0.4) is 0 Å². The van der Waals surface area contributed by atoms with Crippen LogP contribution in [-0.4, -0.2) is 49.9 Å².